The molecule has 0 saturated carbocycles. The van der Waals surface area contributed by atoms with Crippen molar-refractivity contribution in [2.75, 3.05) is 6.61 Å². The summed E-state index contributed by atoms with van der Waals surface area (Å²) in [6.45, 7) is -0.281. The Balaban J connectivity index is 1.77. The molecular weight excluding hydrogens is 378 g/mol. The number of nitrogens with zero attached hydrogens (tertiary/aromatic N) is 1. The summed E-state index contributed by atoms with van der Waals surface area (Å²) in [6.07, 6.45) is -5.84. The van der Waals surface area contributed by atoms with Gasteiger partial charge in [-0.1, -0.05) is 6.07 Å². The van der Waals surface area contributed by atoms with Gasteiger partial charge >= 0.3 is 6.18 Å². The van der Waals surface area contributed by atoms with Gasteiger partial charge < -0.3 is 10.1 Å². The molecule has 1 aliphatic rings. The maximum Gasteiger partial charge on any atom is 0.416 e. The van der Waals surface area contributed by atoms with Crippen molar-refractivity contribution in [3.8, 4) is 0 Å². The zero-order valence-corrected chi connectivity index (χ0v) is 13.3. The second-order valence-electron chi connectivity index (χ2n) is 5.52. The first-order valence-electron chi connectivity index (χ1n) is 7.49. The lowest BCUT2D eigenvalue weighted by atomic mass is 10.1. The van der Waals surface area contributed by atoms with Gasteiger partial charge in [-0.15, -0.1) is 0 Å². The third-order valence-corrected chi connectivity index (χ3v) is 3.67. The normalized spacial score (nSPS) is 16.7. The lowest BCUT2D eigenvalue weighted by molar-refractivity contribution is -0.137. The molecule has 2 aromatic rings. The van der Waals surface area contributed by atoms with Gasteiger partial charge in [-0.25, -0.2) is 18.2 Å². The van der Waals surface area contributed by atoms with Gasteiger partial charge in [-0.05, 0) is 30.3 Å². The summed E-state index contributed by atoms with van der Waals surface area (Å²) in [4.78, 5) is 15.9. The summed E-state index contributed by atoms with van der Waals surface area (Å²) >= 11 is 0. The molecule has 0 aromatic heterocycles. The first kappa shape index (κ1) is 18.7. The number of halogens is 6. The molecule has 1 unspecified atom stereocenters. The molecule has 142 valence electrons. The Morgan fingerprint density at radius 2 is 1.74 bits per heavy atom. The Morgan fingerprint density at radius 1 is 1.07 bits per heavy atom. The van der Waals surface area contributed by atoms with Crippen LogP contribution in [0.1, 0.15) is 21.5 Å². The van der Waals surface area contributed by atoms with Crippen LogP contribution in [0.3, 0.4) is 0 Å². The standard InChI is InChI=1S/C17H10F6N2O2/c18-10-2-1-3-11(19)14(10)16-25-13(7-27-16)24-15(26)9-5-4-8(6-12(9)20)17(21,22)23/h1-6,13H,7H2,(H,24,26). The molecule has 0 spiro atoms. The molecule has 27 heavy (non-hydrogen) atoms. The second kappa shape index (κ2) is 6.93. The van der Waals surface area contributed by atoms with Gasteiger partial charge in [0.15, 0.2) is 6.17 Å². The predicted molar refractivity (Wildman–Crippen MR) is 81.5 cm³/mol. The van der Waals surface area contributed by atoms with Crippen LogP contribution in [0.15, 0.2) is 41.4 Å². The third-order valence-electron chi connectivity index (χ3n) is 3.67. The summed E-state index contributed by atoms with van der Waals surface area (Å²) in [5, 5.41) is 2.22. The lowest BCUT2D eigenvalue weighted by Gasteiger charge is -2.11. The van der Waals surface area contributed by atoms with Crippen molar-refractivity contribution in [3.63, 3.8) is 0 Å². The molecule has 10 heteroatoms. The lowest BCUT2D eigenvalue weighted by Crippen LogP contribution is -2.35. The van der Waals surface area contributed by atoms with Gasteiger partial charge in [0, 0.05) is 0 Å². The van der Waals surface area contributed by atoms with Gasteiger partial charge in [0.2, 0.25) is 5.90 Å². The van der Waals surface area contributed by atoms with Crippen molar-refractivity contribution in [2.45, 2.75) is 12.3 Å². The molecule has 0 radical (unpaired) electrons. The smallest absolute Gasteiger partial charge is 0.416 e. The molecular formula is C17H10F6N2O2. The first-order valence-corrected chi connectivity index (χ1v) is 7.49. The third kappa shape index (κ3) is 3.88. The van der Waals surface area contributed by atoms with Crippen LogP contribution in [0.2, 0.25) is 0 Å². The van der Waals surface area contributed by atoms with Crippen LogP contribution in [0.25, 0.3) is 0 Å². The van der Waals surface area contributed by atoms with E-state index in [-0.39, 0.29) is 18.6 Å². The largest absolute Gasteiger partial charge is 0.473 e. The quantitative estimate of drug-likeness (QED) is 0.817. The number of aliphatic imine (C=N–C) groups is 1. The van der Waals surface area contributed by atoms with Crippen LogP contribution < -0.4 is 5.32 Å². The van der Waals surface area contributed by atoms with E-state index in [4.69, 9.17) is 4.74 Å². The number of carbonyl (C=O) groups is 1. The van der Waals surface area contributed by atoms with E-state index in [1.54, 1.807) is 0 Å². The highest BCUT2D eigenvalue weighted by Crippen LogP contribution is 2.30. The van der Waals surface area contributed by atoms with E-state index in [9.17, 15) is 31.1 Å². The maximum atomic E-state index is 13.8. The molecule has 1 heterocycles. The number of carbonyl (C=O) groups excluding carboxylic acids is 1. The minimum atomic E-state index is -4.75. The number of amides is 1. The van der Waals surface area contributed by atoms with E-state index >= 15 is 0 Å². The molecule has 1 aliphatic heterocycles. The zero-order chi connectivity index (χ0) is 19.8. The average Bonchev–Trinajstić information content (AvgIpc) is 3.01. The van der Waals surface area contributed by atoms with E-state index in [1.807, 2.05) is 0 Å². The average molecular weight is 388 g/mol. The van der Waals surface area contributed by atoms with Gasteiger partial charge in [-0.3, -0.25) is 4.79 Å². The number of nitrogens with one attached hydrogen (secondary N) is 1. The Hall–Kier alpha value is -3.04. The van der Waals surface area contributed by atoms with Crippen LogP contribution in [-0.4, -0.2) is 24.6 Å². The molecule has 0 bridgehead atoms. The van der Waals surface area contributed by atoms with Crippen LogP contribution >= 0.6 is 0 Å². The molecule has 1 N–H and O–H groups in total. The van der Waals surface area contributed by atoms with Crippen molar-refractivity contribution >= 4 is 11.8 Å². The summed E-state index contributed by atoms with van der Waals surface area (Å²) in [5.74, 6) is -4.65. The Labute approximate surface area is 148 Å². The molecule has 1 atom stereocenters. The number of hydrogen-bond acceptors (Lipinski definition) is 3. The summed E-state index contributed by atoms with van der Waals surface area (Å²) in [7, 11) is 0. The first-order chi connectivity index (χ1) is 12.7. The monoisotopic (exact) mass is 388 g/mol. The van der Waals surface area contributed by atoms with Crippen LogP contribution in [0.5, 0.6) is 0 Å². The molecule has 0 aliphatic carbocycles. The van der Waals surface area contributed by atoms with E-state index in [2.05, 4.69) is 10.3 Å². The molecule has 1 amide bonds. The highest BCUT2D eigenvalue weighted by molar-refractivity contribution is 5.97. The molecule has 0 fully saturated rings. The molecule has 4 nitrogen and oxygen atoms in total. The van der Waals surface area contributed by atoms with Gasteiger partial charge in [-0.2, -0.15) is 13.2 Å². The zero-order valence-electron chi connectivity index (χ0n) is 13.3. The van der Waals surface area contributed by atoms with Crippen LogP contribution in [0.4, 0.5) is 26.3 Å². The van der Waals surface area contributed by atoms with Crippen molar-refractivity contribution < 1.29 is 35.9 Å². The van der Waals surface area contributed by atoms with Crippen molar-refractivity contribution in [1.29, 1.82) is 0 Å². The summed E-state index contributed by atoms with van der Waals surface area (Å²) in [5.41, 5.74) is -2.39. The number of hydrogen-bond donors (Lipinski definition) is 1. The number of benzene rings is 2. The second-order valence-corrected chi connectivity index (χ2v) is 5.52. The van der Waals surface area contributed by atoms with E-state index in [0.29, 0.717) is 12.1 Å². The summed E-state index contributed by atoms with van der Waals surface area (Å²) < 4.78 is 83.9. The fourth-order valence-electron chi connectivity index (χ4n) is 2.39. The number of ether oxygens (including phenoxy) is 1. The van der Waals surface area contributed by atoms with E-state index in [1.165, 1.54) is 0 Å². The fraction of sp³-hybridized carbons (Fsp3) is 0.176. The van der Waals surface area contributed by atoms with E-state index in [0.717, 1.165) is 18.2 Å². The molecule has 2 aromatic carbocycles. The maximum absolute atomic E-state index is 13.8. The Bertz CT molecular complexity index is 906. The fourth-order valence-corrected chi connectivity index (χ4v) is 2.39. The minimum Gasteiger partial charge on any atom is -0.473 e. The Kier molecular flexibility index (Phi) is 4.81. The van der Waals surface area contributed by atoms with Crippen LogP contribution in [0, 0.1) is 17.5 Å². The molecule has 3 rings (SSSR count). The van der Waals surface area contributed by atoms with Crippen molar-refractivity contribution in [3.05, 3.63) is 70.5 Å². The minimum absolute atomic E-state index is 0.198. The Morgan fingerprint density at radius 3 is 2.33 bits per heavy atom. The predicted octanol–water partition coefficient (Wildman–Crippen LogP) is 3.66. The highest BCUT2D eigenvalue weighted by atomic mass is 19.4. The van der Waals surface area contributed by atoms with Crippen LogP contribution in [-0.2, 0) is 10.9 Å². The van der Waals surface area contributed by atoms with Gasteiger partial charge in [0.25, 0.3) is 5.91 Å². The van der Waals surface area contributed by atoms with Crippen molar-refractivity contribution in [1.82, 2.24) is 5.32 Å². The van der Waals surface area contributed by atoms with E-state index < -0.39 is 52.4 Å². The number of alkyl halides is 3. The molecule has 0 saturated heterocycles. The highest BCUT2D eigenvalue weighted by Gasteiger charge is 2.32. The van der Waals surface area contributed by atoms with Gasteiger partial charge in [0.05, 0.1) is 11.1 Å². The SMILES string of the molecule is O=C(NC1COC(c2c(F)cccc2F)=N1)c1ccc(C(F)(F)F)cc1F. The topological polar surface area (TPSA) is 50.7 Å². The summed E-state index contributed by atoms with van der Waals surface area (Å²) in [6, 6.07) is 4.58. The number of rotatable bonds is 3. The van der Waals surface area contributed by atoms with Gasteiger partial charge in [0.1, 0.15) is 29.6 Å². The van der Waals surface area contributed by atoms with Crippen molar-refractivity contribution in [2.24, 2.45) is 4.99 Å².